The van der Waals surface area contributed by atoms with Gasteiger partial charge in [-0.1, -0.05) is 0 Å². The van der Waals surface area contributed by atoms with E-state index < -0.39 is 0 Å². The van der Waals surface area contributed by atoms with Gasteiger partial charge >= 0.3 is 0 Å². The minimum Gasteiger partial charge on any atom is -0.381 e. The van der Waals surface area contributed by atoms with Gasteiger partial charge in [0.05, 0.1) is 6.61 Å². The molecule has 1 aliphatic heterocycles. The Morgan fingerprint density at radius 2 is 1.91 bits per heavy atom. The molecule has 4 nitrogen and oxygen atoms in total. The second kappa shape index (κ2) is 8.71. The van der Waals surface area contributed by atoms with Crippen LogP contribution in [0.4, 0.5) is 0 Å². The molecule has 0 aromatic heterocycles. The number of ether oxygens (including phenoxy) is 1. The van der Waals surface area contributed by atoms with E-state index in [1.807, 2.05) is 7.05 Å². The molecule has 0 bridgehead atoms. The van der Waals surface area contributed by atoms with Gasteiger partial charge in [0.25, 0.3) is 0 Å². The van der Waals surface area contributed by atoms with Crippen LogP contribution in [-0.2, 0) is 4.74 Å². The Hall–Kier alpha value is -0.0400. The standard InChI is InChI=1S/C17H31N3O.HI/c1-3-21-12-13-8-9-20(11-13)17(18-2)19-10-16(14-4-5-14)15-6-7-15;/h13-16H,3-12H2,1-2H3,(H,18,19);1H. The van der Waals surface area contributed by atoms with Gasteiger partial charge in [-0.05, 0) is 56.8 Å². The lowest BCUT2D eigenvalue weighted by Gasteiger charge is -2.24. The lowest BCUT2D eigenvalue weighted by atomic mass is 9.98. The first kappa shape index (κ1) is 18.3. The quantitative estimate of drug-likeness (QED) is 0.390. The molecule has 1 N–H and O–H groups in total. The lowest BCUT2D eigenvalue weighted by molar-refractivity contribution is 0.114. The lowest BCUT2D eigenvalue weighted by Crippen LogP contribution is -2.42. The molecular weight excluding hydrogens is 389 g/mol. The van der Waals surface area contributed by atoms with E-state index in [-0.39, 0.29) is 24.0 Å². The van der Waals surface area contributed by atoms with Crippen molar-refractivity contribution < 1.29 is 4.74 Å². The molecule has 1 unspecified atom stereocenters. The molecular formula is C17H32IN3O. The molecule has 2 aliphatic carbocycles. The van der Waals surface area contributed by atoms with Gasteiger partial charge in [0, 0.05) is 39.2 Å². The second-order valence-electron chi connectivity index (χ2n) is 7.03. The summed E-state index contributed by atoms with van der Waals surface area (Å²) in [6.45, 7) is 7.15. The Morgan fingerprint density at radius 1 is 1.23 bits per heavy atom. The predicted octanol–water partition coefficient (Wildman–Crippen LogP) is 2.97. The maximum atomic E-state index is 5.57. The van der Waals surface area contributed by atoms with Crippen molar-refractivity contribution in [2.45, 2.75) is 39.0 Å². The molecule has 0 radical (unpaired) electrons. The van der Waals surface area contributed by atoms with Crippen LogP contribution in [0.2, 0.25) is 0 Å². The third-order valence-corrected chi connectivity index (χ3v) is 5.31. The Balaban J connectivity index is 0.00000176. The minimum absolute atomic E-state index is 0. The first-order valence-corrected chi connectivity index (χ1v) is 8.85. The molecule has 1 atom stereocenters. The summed E-state index contributed by atoms with van der Waals surface area (Å²) in [5.74, 6) is 4.70. The van der Waals surface area contributed by atoms with Crippen LogP contribution >= 0.6 is 24.0 Å². The second-order valence-corrected chi connectivity index (χ2v) is 7.03. The normalized spacial score (nSPS) is 25.5. The smallest absolute Gasteiger partial charge is 0.193 e. The van der Waals surface area contributed by atoms with E-state index in [4.69, 9.17) is 4.74 Å². The molecule has 128 valence electrons. The highest BCUT2D eigenvalue weighted by Gasteiger charge is 2.41. The first-order chi connectivity index (χ1) is 10.3. The maximum Gasteiger partial charge on any atom is 0.193 e. The van der Waals surface area contributed by atoms with E-state index in [1.165, 1.54) is 32.1 Å². The zero-order valence-electron chi connectivity index (χ0n) is 14.1. The van der Waals surface area contributed by atoms with Crippen molar-refractivity contribution in [1.29, 1.82) is 0 Å². The van der Waals surface area contributed by atoms with Gasteiger partial charge in [0.1, 0.15) is 0 Å². The third kappa shape index (κ3) is 4.98. The van der Waals surface area contributed by atoms with E-state index in [0.29, 0.717) is 5.92 Å². The van der Waals surface area contributed by atoms with Crippen molar-refractivity contribution in [2.24, 2.45) is 28.7 Å². The van der Waals surface area contributed by atoms with E-state index in [1.54, 1.807) is 0 Å². The highest BCUT2D eigenvalue weighted by Crippen LogP contribution is 2.48. The summed E-state index contributed by atoms with van der Waals surface area (Å²) in [4.78, 5) is 6.92. The van der Waals surface area contributed by atoms with E-state index in [2.05, 4.69) is 22.1 Å². The topological polar surface area (TPSA) is 36.9 Å². The number of guanidine groups is 1. The average molecular weight is 421 g/mol. The van der Waals surface area contributed by atoms with Crippen LogP contribution in [0.5, 0.6) is 0 Å². The van der Waals surface area contributed by atoms with Crippen molar-refractivity contribution in [2.75, 3.05) is 39.9 Å². The molecule has 3 aliphatic rings. The number of rotatable bonds is 7. The molecule has 3 fully saturated rings. The summed E-state index contributed by atoms with van der Waals surface area (Å²) in [5.41, 5.74) is 0. The van der Waals surface area contributed by atoms with Gasteiger partial charge in [0.15, 0.2) is 5.96 Å². The summed E-state index contributed by atoms with van der Waals surface area (Å²) in [5, 5.41) is 3.67. The molecule has 3 rings (SSSR count). The van der Waals surface area contributed by atoms with Crippen molar-refractivity contribution in [3.63, 3.8) is 0 Å². The van der Waals surface area contributed by atoms with Crippen molar-refractivity contribution >= 4 is 29.9 Å². The largest absolute Gasteiger partial charge is 0.381 e. The van der Waals surface area contributed by atoms with Gasteiger partial charge in [-0.3, -0.25) is 4.99 Å². The number of hydrogen-bond donors (Lipinski definition) is 1. The van der Waals surface area contributed by atoms with Crippen LogP contribution in [0.25, 0.3) is 0 Å². The number of nitrogens with zero attached hydrogens (tertiary/aromatic N) is 2. The number of nitrogens with one attached hydrogen (secondary N) is 1. The molecule has 22 heavy (non-hydrogen) atoms. The van der Waals surface area contributed by atoms with Gasteiger partial charge in [-0.25, -0.2) is 0 Å². The zero-order chi connectivity index (χ0) is 14.7. The van der Waals surface area contributed by atoms with Crippen LogP contribution < -0.4 is 5.32 Å². The number of halogens is 1. The SMILES string of the molecule is CCOCC1CCN(C(=NC)NCC(C2CC2)C2CC2)C1.I. The highest BCUT2D eigenvalue weighted by molar-refractivity contribution is 14.0. The van der Waals surface area contributed by atoms with E-state index in [0.717, 1.165) is 56.6 Å². The number of aliphatic imine (C=N–C) groups is 1. The Kier molecular flexibility index (Phi) is 7.25. The van der Waals surface area contributed by atoms with Crippen molar-refractivity contribution in [3.05, 3.63) is 0 Å². The van der Waals surface area contributed by atoms with E-state index in [9.17, 15) is 0 Å². The van der Waals surface area contributed by atoms with Gasteiger partial charge in [-0.2, -0.15) is 0 Å². The fourth-order valence-corrected chi connectivity index (χ4v) is 3.75. The molecule has 1 heterocycles. The Labute approximate surface area is 152 Å². The summed E-state index contributed by atoms with van der Waals surface area (Å²) in [6, 6.07) is 0. The Bertz CT molecular complexity index is 357. The predicted molar refractivity (Wildman–Crippen MR) is 102 cm³/mol. The summed E-state index contributed by atoms with van der Waals surface area (Å²) in [6.07, 6.45) is 7.07. The van der Waals surface area contributed by atoms with Crippen molar-refractivity contribution in [3.8, 4) is 0 Å². The van der Waals surface area contributed by atoms with Crippen LogP contribution in [0, 0.1) is 23.7 Å². The summed E-state index contributed by atoms with van der Waals surface area (Å²) < 4.78 is 5.57. The molecule has 0 aromatic carbocycles. The fourth-order valence-electron chi connectivity index (χ4n) is 3.75. The average Bonchev–Trinajstić information content (AvgIpc) is 3.42. The molecule has 2 saturated carbocycles. The molecule has 0 aromatic rings. The molecule has 0 amide bonds. The zero-order valence-corrected chi connectivity index (χ0v) is 16.4. The molecule has 5 heteroatoms. The number of hydrogen-bond acceptors (Lipinski definition) is 2. The first-order valence-electron chi connectivity index (χ1n) is 8.85. The Morgan fingerprint density at radius 3 is 2.45 bits per heavy atom. The monoisotopic (exact) mass is 421 g/mol. The number of likely N-dealkylation sites (tertiary alicyclic amines) is 1. The summed E-state index contributed by atoms with van der Waals surface area (Å²) >= 11 is 0. The fraction of sp³-hybridized carbons (Fsp3) is 0.941. The maximum absolute atomic E-state index is 5.57. The van der Waals surface area contributed by atoms with Crippen LogP contribution in [0.3, 0.4) is 0 Å². The minimum atomic E-state index is 0. The van der Waals surface area contributed by atoms with Crippen LogP contribution in [0.1, 0.15) is 39.0 Å². The van der Waals surface area contributed by atoms with Crippen LogP contribution in [0.15, 0.2) is 4.99 Å². The molecule has 1 saturated heterocycles. The van der Waals surface area contributed by atoms with Crippen molar-refractivity contribution in [1.82, 2.24) is 10.2 Å². The van der Waals surface area contributed by atoms with Gasteiger partial charge in [0.2, 0.25) is 0 Å². The molecule has 0 spiro atoms. The van der Waals surface area contributed by atoms with Gasteiger partial charge < -0.3 is 15.0 Å². The summed E-state index contributed by atoms with van der Waals surface area (Å²) in [7, 11) is 1.92. The third-order valence-electron chi connectivity index (χ3n) is 5.31. The van der Waals surface area contributed by atoms with E-state index >= 15 is 0 Å². The highest BCUT2D eigenvalue weighted by atomic mass is 127. The van der Waals surface area contributed by atoms with Crippen LogP contribution in [-0.4, -0.2) is 50.8 Å². The van der Waals surface area contributed by atoms with Gasteiger partial charge in [-0.15, -0.1) is 24.0 Å².